The van der Waals surface area contributed by atoms with Gasteiger partial charge in [-0.15, -0.1) is 23.1 Å². The van der Waals surface area contributed by atoms with Crippen molar-refractivity contribution in [2.24, 2.45) is 17.6 Å². The molecule has 2 fully saturated rings. The van der Waals surface area contributed by atoms with Gasteiger partial charge in [-0.2, -0.15) is 0 Å². The Morgan fingerprint density at radius 1 is 1.04 bits per heavy atom. The number of esters is 1. The average molecular weight is 753 g/mol. The number of non-ortho nitro benzene ring substituents is 2. The van der Waals surface area contributed by atoms with Crippen LogP contribution in [0.25, 0.3) is 0 Å². The van der Waals surface area contributed by atoms with E-state index in [1.165, 1.54) is 82.4 Å². The number of nitrogens with zero attached hydrogens (tertiary/aromatic N) is 5. The molecule has 17 nitrogen and oxygen atoms in total. The summed E-state index contributed by atoms with van der Waals surface area (Å²) in [7, 11) is 0. The maximum atomic E-state index is 13.7. The highest BCUT2D eigenvalue weighted by Gasteiger charge is 2.60. The fourth-order valence-corrected chi connectivity index (χ4v) is 9.05. The molecule has 52 heavy (non-hydrogen) atoms. The molecule has 272 valence electrons. The Morgan fingerprint density at radius 3 is 2.13 bits per heavy atom. The number of thioether (sulfide) groups is 1. The Bertz CT molecular complexity index is 1970. The van der Waals surface area contributed by atoms with Crippen molar-refractivity contribution in [1.82, 2.24) is 14.8 Å². The molecule has 3 N–H and O–H groups in total. The predicted octanol–water partition coefficient (Wildman–Crippen LogP) is 4.06. The fraction of sp³-hybridized carbons (Fsp3) is 0.364. The molecule has 6 rings (SSSR count). The van der Waals surface area contributed by atoms with Crippen LogP contribution in [0.15, 0.2) is 64.5 Å². The van der Waals surface area contributed by atoms with Crippen molar-refractivity contribution in [3.8, 4) is 0 Å². The van der Waals surface area contributed by atoms with Crippen LogP contribution in [-0.2, 0) is 32.3 Å². The van der Waals surface area contributed by atoms with E-state index in [2.05, 4.69) is 4.98 Å². The number of thiazole rings is 1. The van der Waals surface area contributed by atoms with Gasteiger partial charge in [0.2, 0.25) is 5.91 Å². The van der Waals surface area contributed by atoms with Crippen molar-refractivity contribution in [3.63, 3.8) is 0 Å². The average Bonchev–Trinajstić information content (AvgIpc) is 3.82. The molecular formula is C33H32N6O11S2. The number of aromatic nitrogens is 1. The molecule has 0 spiro atoms. The van der Waals surface area contributed by atoms with Crippen LogP contribution in [0.1, 0.15) is 52.9 Å². The molecule has 4 heterocycles. The Labute approximate surface area is 303 Å². The third-order valence-electron chi connectivity index (χ3n) is 9.18. The van der Waals surface area contributed by atoms with Crippen molar-refractivity contribution in [3.05, 3.63) is 107 Å². The van der Waals surface area contributed by atoms with Crippen LogP contribution >= 0.6 is 23.1 Å². The topological polar surface area (TPSA) is 239 Å². The summed E-state index contributed by atoms with van der Waals surface area (Å²) >= 11 is 2.45. The van der Waals surface area contributed by atoms with Crippen LogP contribution in [0.5, 0.6) is 0 Å². The zero-order chi connectivity index (χ0) is 37.4. The summed E-state index contributed by atoms with van der Waals surface area (Å²) in [6, 6.07) is 9.92. The lowest BCUT2D eigenvalue weighted by Gasteiger charge is -2.46. The van der Waals surface area contributed by atoms with Gasteiger partial charge in [0.1, 0.15) is 29.6 Å². The van der Waals surface area contributed by atoms with Crippen molar-refractivity contribution in [1.29, 1.82) is 0 Å². The summed E-state index contributed by atoms with van der Waals surface area (Å²) in [5, 5.41) is 34.1. The molecule has 2 saturated heterocycles. The largest absolute Gasteiger partial charge is 0.456 e. The summed E-state index contributed by atoms with van der Waals surface area (Å²) in [6.07, 6.45) is -1.35. The number of aliphatic hydroxyl groups is 1. The summed E-state index contributed by atoms with van der Waals surface area (Å²) in [6.45, 7) is 3.10. The van der Waals surface area contributed by atoms with Gasteiger partial charge in [-0.3, -0.25) is 34.7 Å². The van der Waals surface area contributed by atoms with E-state index in [1.54, 1.807) is 0 Å². The first-order valence-electron chi connectivity index (χ1n) is 16.0. The molecule has 0 bridgehead atoms. The first kappa shape index (κ1) is 36.4. The molecule has 3 aromatic rings. The number of carbonyl (C=O) groups is 4. The highest BCUT2D eigenvalue weighted by molar-refractivity contribution is 8.03. The highest BCUT2D eigenvalue weighted by atomic mass is 32.2. The van der Waals surface area contributed by atoms with Gasteiger partial charge in [0.15, 0.2) is 0 Å². The minimum atomic E-state index is -0.973. The molecule has 2 aromatic carbocycles. The van der Waals surface area contributed by atoms with E-state index in [4.69, 9.17) is 15.2 Å². The maximum Gasteiger partial charge on any atom is 0.410 e. The molecule has 0 aliphatic carbocycles. The second kappa shape index (κ2) is 14.7. The molecule has 6 atom stereocenters. The van der Waals surface area contributed by atoms with Crippen molar-refractivity contribution in [2.75, 3.05) is 6.54 Å². The number of ether oxygens (including phenoxy) is 2. The van der Waals surface area contributed by atoms with Crippen molar-refractivity contribution >= 4 is 58.4 Å². The van der Waals surface area contributed by atoms with Crippen LogP contribution in [0.4, 0.5) is 16.2 Å². The Morgan fingerprint density at radius 2 is 1.62 bits per heavy atom. The van der Waals surface area contributed by atoms with Crippen LogP contribution in [0.3, 0.4) is 0 Å². The van der Waals surface area contributed by atoms with E-state index in [0.29, 0.717) is 27.5 Å². The summed E-state index contributed by atoms with van der Waals surface area (Å²) in [5.41, 5.74) is 6.29. The summed E-state index contributed by atoms with van der Waals surface area (Å²) in [4.78, 5) is 81.1. The SMILES string of the molecule is C[C@@H](O)C1C(=O)N2C(C(=O)OCc3ccc([N+](=O)[O-])cc3)=C(S[C@H]3C[C@@H](c4nc(C(N)=O)cs4)N(C(=O)OCc4ccc([N+](=O)[O-])cc4)C3)[C@H](C)C12. The zero-order valence-electron chi connectivity index (χ0n) is 27.6. The number of hydrogen-bond donors (Lipinski definition) is 2. The van der Waals surface area contributed by atoms with Crippen molar-refractivity contribution in [2.45, 2.75) is 56.9 Å². The van der Waals surface area contributed by atoms with Gasteiger partial charge in [0, 0.05) is 52.3 Å². The molecule has 3 aliphatic heterocycles. The van der Waals surface area contributed by atoms with E-state index in [9.17, 15) is 44.5 Å². The van der Waals surface area contributed by atoms with Crippen molar-refractivity contribution < 1.29 is 43.6 Å². The zero-order valence-corrected chi connectivity index (χ0v) is 29.3. The first-order chi connectivity index (χ1) is 24.7. The van der Waals surface area contributed by atoms with E-state index < -0.39 is 57.8 Å². The lowest BCUT2D eigenvalue weighted by Crippen LogP contribution is -2.63. The van der Waals surface area contributed by atoms with Gasteiger partial charge in [-0.25, -0.2) is 14.6 Å². The third kappa shape index (κ3) is 7.06. The van der Waals surface area contributed by atoms with Crippen LogP contribution in [-0.4, -0.2) is 77.6 Å². The second-order valence-electron chi connectivity index (χ2n) is 12.5. The highest BCUT2D eigenvalue weighted by Crippen LogP contribution is 2.53. The maximum absolute atomic E-state index is 13.7. The molecule has 2 unspecified atom stereocenters. The number of nitro benzene ring substituents is 2. The van der Waals surface area contributed by atoms with Gasteiger partial charge in [0.05, 0.1) is 34.0 Å². The molecule has 0 saturated carbocycles. The Kier molecular flexibility index (Phi) is 10.3. The third-order valence-corrected chi connectivity index (χ3v) is 11.6. The van der Waals surface area contributed by atoms with Gasteiger partial charge >= 0.3 is 12.1 Å². The van der Waals surface area contributed by atoms with Gasteiger partial charge in [-0.05, 0) is 48.7 Å². The van der Waals surface area contributed by atoms with E-state index >= 15 is 0 Å². The smallest absolute Gasteiger partial charge is 0.410 e. The number of nitrogens with two attached hydrogens (primary N) is 1. The quantitative estimate of drug-likeness (QED) is 0.115. The molecule has 19 heteroatoms. The lowest BCUT2D eigenvalue weighted by atomic mass is 9.79. The number of primary amides is 1. The van der Waals surface area contributed by atoms with Crippen LogP contribution in [0, 0.1) is 32.1 Å². The van der Waals surface area contributed by atoms with E-state index in [-0.39, 0.29) is 53.7 Å². The number of likely N-dealkylation sites (tertiary alicyclic amines) is 1. The molecular weight excluding hydrogens is 721 g/mol. The van der Waals surface area contributed by atoms with Gasteiger partial charge in [-0.1, -0.05) is 6.92 Å². The number of fused-ring (bicyclic) bond motifs is 1. The molecule has 1 aromatic heterocycles. The number of aliphatic hydroxyl groups excluding tert-OH is 1. The number of β-lactam (4-membered cyclic amide) rings is 1. The van der Waals surface area contributed by atoms with Crippen LogP contribution < -0.4 is 5.73 Å². The normalized spacial score (nSPS) is 22.8. The molecule has 0 radical (unpaired) electrons. The van der Waals surface area contributed by atoms with Crippen LogP contribution in [0.2, 0.25) is 0 Å². The summed E-state index contributed by atoms with van der Waals surface area (Å²) in [5.74, 6) is -3.07. The van der Waals surface area contributed by atoms with Gasteiger partial charge in [0.25, 0.3) is 17.3 Å². The number of carbonyl (C=O) groups excluding carboxylic acids is 4. The number of nitro groups is 2. The minimum Gasteiger partial charge on any atom is -0.456 e. The van der Waals surface area contributed by atoms with E-state index in [0.717, 1.165) is 11.3 Å². The monoisotopic (exact) mass is 752 g/mol. The summed E-state index contributed by atoms with van der Waals surface area (Å²) < 4.78 is 11.2. The number of rotatable bonds is 12. The predicted molar refractivity (Wildman–Crippen MR) is 184 cm³/mol. The Balaban J connectivity index is 1.24. The molecule has 3 aliphatic rings. The second-order valence-corrected chi connectivity index (χ2v) is 14.8. The van der Waals surface area contributed by atoms with E-state index in [1.807, 2.05) is 6.92 Å². The standard InChI is InChI=1S/C33H32N6O11S2/c1-16-26-25(17(2)40)31(42)37(26)27(32(43)49-13-18-3-7-20(8-4-18)38(45)46)28(16)52-22-11-24(30-35-23(15-51-30)29(34)41)36(12-22)33(44)50-14-19-5-9-21(10-6-19)39(47)48/h3-10,15-17,22,24-26,40H,11-14H2,1-2H3,(H2,34,41)/t16-,17-,22+,24+,25?,26?/m1/s1. The minimum absolute atomic E-state index is 0.0346. The first-order valence-corrected chi connectivity index (χ1v) is 17.8. The number of benzene rings is 2. The lowest BCUT2D eigenvalue weighted by molar-refractivity contribution is -0.385. The number of amides is 3. The Hall–Kier alpha value is -5.40. The molecule has 3 amide bonds. The fourth-order valence-electron chi connectivity index (χ4n) is 6.59. The number of hydrogen-bond acceptors (Lipinski definition) is 14. The van der Waals surface area contributed by atoms with Gasteiger partial charge < -0.3 is 25.2 Å².